The molecular formula is C29H33ClF6N4O5S. The van der Waals surface area contributed by atoms with Crippen LogP contribution in [0.1, 0.15) is 31.4 Å². The molecule has 4 N–H and O–H groups in total. The Kier molecular flexibility index (Phi) is 14.7. The van der Waals surface area contributed by atoms with Gasteiger partial charge in [-0.2, -0.15) is 26.3 Å². The number of carbonyl (C=O) groups is 3. The van der Waals surface area contributed by atoms with Crippen LogP contribution in [0.2, 0.25) is 5.02 Å². The van der Waals surface area contributed by atoms with E-state index < -0.39 is 23.9 Å². The molecule has 1 aromatic heterocycles. The van der Waals surface area contributed by atoms with Crippen LogP contribution in [0.15, 0.2) is 41.2 Å². The largest absolute Gasteiger partial charge is 0.506 e. The third kappa shape index (κ3) is 12.4. The van der Waals surface area contributed by atoms with E-state index in [9.17, 15) is 50.6 Å². The minimum atomic E-state index is -5.77. The number of Topliss-reactive ketones (excluding diaryl/α,β-unsaturated/α-hetero) is 2. The van der Waals surface area contributed by atoms with Crippen molar-refractivity contribution in [1.82, 2.24) is 20.5 Å². The van der Waals surface area contributed by atoms with Crippen molar-refractivity contribution in [3.63, 3.8) is 0 Å². The Bertz CT molecular complexity index is 1500. The summed E-state index contributed by atoms with van der Waals surface area (Å²) in [6.45, 7) is 7.60. The van der Waals surface area contributed by atoms with Gasteiger partial charge in [0.25, 0.3) is 0 Å². The number of phenols is 1. The average Bonchev–Trinajstić information content (AvgIpc) is 3.37. The normalized spacial score (nSPS) is 11.8. The Morgan fingerprint density at radius 2 is 1.46 bits per heavy atom. The number of aromatic hydroxyl groups is 1. The number of amides is 1. The van der Waals surface area contributed by atoms with Gasteiger partial charge in [-0.05, 0) is 69.1 Å². The number of nitrogens with zero attached hydrogens (tertiary/aromatic N) is 1. The van der Waals surface area contributed by atoms with E-state index in [1.54, 1.807) is 6.07 Å². The smallest absolute Gasteiger partial charge is 0.458 e. The van der Waals surface area contributed by atoms with Crippen LogP contribution >= 0.6 is 22.9 Å². The molecule has 2 aromatic carbocycles. The Labute approximate surface area is 268 Å². The van der Waals surface area contributed by atoms with Crippen molar-refractivity contribution >= 4 is 50.6 Å². The van der Waals surface area contributed by atoms with E-state index in [0.717, 1.165) is 52.6 Å². The molecule has 9 nitrogen and oxygen atoms in total. The molecule has 0 aliphatic carbocycles. The summed E-state index contributed by atoms with van der Waals surface area (Å²) in [5.74, 6) is -6.58. The van der Waals surface area contributed by atoms with Gasteiger partial charge in [-0.15, -0.1) is 0 Å². The molecule has 0 aliphatic rings. The predicted molar refractivity (Wildman–Crippen MR) is 162 cm³/mol. The van der Waals surface area contributed by atoms with E-state index in [-0.39, 0.29) is 22.6 Å². The van der Waals surface area contributed by atoms with Gasteiger partial charge in [-0.25, -0.2) is 0 Å². The Morgan fingerprint density at radius 3 is 2.02 bits per heavy atom. The fourth-order valence-corrected chi connectivity index (χ4v) is 5.12. The molecule has 1 amide bonds. The number of benzene rings is 2. The summed E-state index contributed by atoms with van der Waals surface area (Å²) in [4.78, 5) is 48.0. The standard InChI is InChI=1S/C25H33ClN4O3S.C4F6O2/c1-17(2)30(22(32)11-14-27-12-9-18-3-6-20(26)7-4-18)16-15-28-13-10-19-5-8-21(31)23-24(19)34-25(33)29-23;5-3(6,7)1(11)2(12)4(8,9)10/h3-8,17,27-28,31H,9-16H2,1-2H3,(H,29,33);. The van der Waals surface area contributed by atoms with Crippen LogP contribution < -0.4 is 15.5 Å². The lowest BCUT2D eigenvalue weighted by molar-refractivity contribution is -0.193. The SMILES string of the molecule is CC(C)N(CCNCCc1ccc(O)c2[nH]c(=O)sc12)C(=O)CCNCCc1ccc(Cl)cc1.O=C(C(=O)C(F)(F)F)C(F)(F)F. The predicted octanol–water partition coefficient (Wildman–Crippen LogP) is 4.79. The van der Waals surface area contributed by atoms with Crippen molar-refractivity contribution in [2.75, 3.05) is 32.7 Å². The second-order valence-corrected chi connectivity index (χ2v) is 11.6. The van der Waals surface area contributed by atoms with Gasteiger partial charge in [0.15, 0.2) is 0 Å². The molecule has 0 aliphatic heterocycles. The van der Waals surface area contributed by atoms with Crippen molar-refractivity contribution in [2.24, 2.45) is 0 Å². The van der Waals surface area contributed by atoms with Crippen molar-refractivity contribution in [1.29, 1.82) is 0 Å². The van der Waals surface area contributed by atoms with E-state index in [0.29, 0.717) is 31.6 Å². The minimum Gasteiger partial charge on any atom is -0.506 e. The van der Waals surface area contributed by atoms with Crippen LogP contribution in [0.25, 0.3) is 10.2 Å². The van der Waals surface area contributed by atoms with E-state index in [1.165, 1.54) is 5.56 Å². The van der Waals surface area contributed by atoms with Crippen molar-refractivity contribution in [2.45, 2.75) is 51.5 Å². The first kappa shape index (κ1) is 38.7. The fourth-order valence-electron chi connectivity index (χ4n) is 4.09. The topological polar surface area (TPSA) is 132 Å². The second kappa shape index (κ2) is 17.4. The third-order valence-corrected chi connectivity index (χ3v) is 7.63. The summed E-state index contributed by atoms with van der Waals surface area (Å²) >= 11 is 7.03. The maximum atomic E-state index is 12.7. The van der Waals surface area contributed by atoms with Gasteiger partial charge < -0.3 is 25.6 Å². The average molecular weight is 699 g/mol. The van der Waals surface area contributed by atoms with Crippen LogP contribution in [0, 0.1) is 0 Å². The summed E-state index contributed by atoms with van der Waals surface area (Å²) in [6, 6.07) is 11.4. The van der Waals surface area contributed by atoms with Crippen LogP contribution in [0.5, 0.6) is 5.75 Å². The fraction of sp³-hybridized carbons (Fsp3) is 0.448. The molecule has 0 unspecified atom stereocenters. The van der Waals surface area contributed by atoms with Gasteiger partial charge >= 0.3 is 28.8 Å². The number of H-pyrrole nitrogens is 1. The maximum Gasteiger partial charge on any atom is 0.458 e. The number of nitrogens with one attached hydrogen (secondary N) is 3. The second-order valence-electron chi connectivity index (χ2n) is 10.2. The van der Waals surface area contributed by atoms with Gasteiger partial charge in [-0.1, -0.05) is 41.1 Å². The maximum absolute atomic E-state index is 12.7. The number of rotatable bonds is 14. The molecule has 0 saturated carbocycles. The Morgan fingerprint density at radius 1 is 0.891 bits per heavy atom. The highest BCUT2D eigenvalue weighted by Crippen LogP contribution is 2.28. The number of ketones is 2. The van der Waals surface area contributed by atoms with Gasteiger partial charge in [0.2, 0.25) is 5.91 Å². The number of aromatic amines is 1. The van der Waals surface area contributed by atoms with Crippen LogP contribution in [-0.2, 0) is 27.2 Å². The van der Waals surface area contributed by atoms with Crippen LogP contribution in [0.4, 0.5) is 26.3 Å². The molecule has 0 bridgehead atoms. The lowest BCUT2D eigenvalue weighted by atomic mass is 10.1. The Hall–Kier alpha value is -3.47. The highest BCUT2D eigenvalue weighted by molar-refractivity contribution is 7.16. The zero-order valence-electron chi connectivity index (χ0n) is 24.8. The number of halogens is 7. The number of carbonyl (C=O) groups excluding carboxylic acids is 3. The van der Waals surface area contributed by atoms with Gasteiger partial charge in [0.05, 0.1) is 4.70 Å². The number of phenolic OH excluding ortho intramolecular Hbond substituents is 1. The number of hydrogen-bond acceptors (Lipinski definition) is 8. The van der Waals surface area contributed by atoms with E-state index in [4.69, 9.17) is 11.6 Å². The first-order valence-electron chi connectivity index (χ1n) is 13.9. The number of aromatic nitrogens is 1. The van der Waals surface area contributed by atoms with Gasteiger partial charge in [0, 0.05) is 37.1 Å². The summed E-state index contributed by atoms with van der Waals surface area (Å²) in [7, 11) is 0. The molecule has 254 valence electrons. The number of fused-ring (bicyclic) bond motifs is 1. The van der Waals surface area contributed by atoms with Gasteiger partial charge in [-0.3, -0.25) is 19.2 Å². The third-order valence-electron chi connectivity index (χ3n) is 6.42. The molecule has 0 atom stereocenters. The van der Waals surface area contributed by atoms with E-state index >= 15 is 0 Å². The number of thiazole rings is 1. The molecule has 3 aromatic rings. The van der Waals surface area contributed by atoms with Crippen molar-refractivity contribution < 1.29 is 45.8 Å². The lowest BCUT2D eigenvalue weighted by Crippen LogP contribution is -2.42. The first-order chi connectivity index (χ1) is 21.4. The zero-order valence-corrected chi connectivity index (χ0v) is 26.4. The summed E-state index contributed by atoms with van der Waals surface area (Å²) in [5.41, 5.74) is 2.74. The molecule has 3 rings (SSSR count). The number of hydrogen-bond donors (Lipinski definition) is 4. The van der Waals surface area contributed by atoms with Crippen LogP contribution in [-0.4, -0.2) is 83.6 Å². The first-order valence-corrected chi connectivity index (χ1v) is 15.1. The molecule has 46 heavy (non-hydrogen) atoms. The van der Waals surface area contributed by atoms with E-state index in [1.807, 2.05) is 49.1 Å². The molecule has 17 heteroatoms. The van der Waals surface area contributed by atoms with Crippen molar-refractivity contribution in [3.05, 3.63) is 62.2 Å². The highest BCUT2D eigenvalue weighted by Gasteiger charge is 2.54. The molecule has 0 radical (unpaired) electrons. The molecular weight excluding hydrogens is 666 g/mol. The molecule has 0 fully saturated rings. The highest BCUT2D eigenvalue weighted by atomic mass is 35.5. The zero-order chi connectivity index (χ0) is 34.7. The number of alkyl halides is 6. The lowest BCUT2D eigenvalue weighted by Gasteiger charge is -2.27. The summed E-state index contributed by atoms with van der Waals surface area (Å²) < 4.78 is 67.8. The van der Waals surface area contributed by atoms with Crippen molar-refractivity contribution in [3.8, 4) is 5.75 Å². The molecule has 1 heterocycles. The quantitative estimate of drug-likeness (QED) is 0.108. The minimum absolute atomic E-state index is 0.0932. The monoisotopic (exact) mass is 698 g/mol. The van der Waals surface area contributed by atoms with Gasteiger partial charge in [0.1, 0.15) is 11.3 Å². The molecule has 0 saturated heterocycles. The summed E-state index contributed by atoms with van der Waals surface area (Å²) in [6.07, 6.45) is -9.44. The van der Waals surface area contributed by atoms with E-state index in [2.05, 4.69) is 15.6 Å². The molecule has 0 spiro atoms. The van der Waals surface area contributed by atoms with Crippen LogP contribution in [0.3, 0.4) is 0 Å². The summed E-state index contributed by atoms with van der Waals surface area (Å²) in [5, 5.41) is 17.4. The Balaban J connectivity index is 0.000000521.